The van der Waals surface area contributed by atoms with Crippen LogP contribution in [0.1, 0.15) is 25.1 Å². The van der Waals surface area contributed by atoms with Gasteiger partial charge in [0.1, 0.15) is 5.69 Å². The maximum atomic E-state index is 11.7. The van der Waals surface area contributed by atoms with Crippen LogP contribution < -0.4 is 0 Å². The van der Waals surface area contributed by atoms with Gasteiger partial charge in [0, 0.05) is 0 Å². The first-order valence-electron chi connectivity index (χ1n) is 7.18. The largest absolute Gasteiger partial charge is 0.466 e. The zero-order valence-electron chi connectivity index (χ0n) is 12.2. The fourth-order valence-electron chi connectivity index (χ4n) is 2.57. The van der Waals surface area contributed by atoms with Gasteiger partial charge in [0.15, 0.2) is 5.58 Å². The van der Waals surface area contributed by atoms with Crippen molar-refractivity contribution in [2.75, 3.05) is 6.61 Å². The maximum Gasteiger partial charge on any atom is 0.312 e. The first-order valence-corrected chi connectivity index (χ1v) is 7.18. The number of hydrogen-bond donors (Lipinski definition) is 0. The molecule has 0 bridgehead atoms. The number of nitrogens with zero attached hydrogens (tertiary/aromatic N) is 1. The summed E-state index contributed by atoms with van der Waals surface area (Å²) in [6, 6.07) is 10.3. The van der Waals surface area contributed by atoms with Crippen molar-refractivity contribution in [3.05, 3.63) is 41.6 Å². The molecule has 108 valence electrons. The van der Waals surface area contributed by atoms with Crippen LogP contribution in [0.3, 0.4) is 0 Å². The lowest BCUT2D eigenvalue weighted by atomic mass is 10.0. The van der Waals surface area contributed by atoms with Crippen LogP contribution in [-0.4, -0.2) is 17.7 Å². The highest BCUT2D eigenvalue weighted by Crippen LogP contribution is 2.29. The number of benzene rings is 2. The molecule has 0 fully saturated rings. The lowest BCUT2D eigenvalue weighted by molar-refractivity contribution is -0.142. The first kappa shape index (κ1) is 13.6. The lowest BCUT2D eigenvalue weighted by Gasteiger charge is -2.03. The van der Waals surface area contributed by atoms with E-state index in [1.165, 1.54) is 5.56 Å². The van der Waals surface area contributed by atoms with Gasteiger partial charge in [-0.15, -0.1) is 0 Å². The molecular weight excluding hydrogens is 266 g/mol. The van der Waals surface area contributed by atoms with Crippen molar-refractivity contribution in [2.45, 2.75) is 26.7 Å². The van der Waals surface area contributed by atoms with Crippen LogP contribution in [0.2, 0.25) is 0 Å². The highest BCUT2D eigenvalue weighted by atomic mass is 16.5. The van der Waals surface area contributed by atoms with Crippen LogP contribution in [-0.2, 0) is 22.4 Å². The minimum absolute atomic E-state index is 0.134. The smallest absolute Gasteiger partial charge is 0.312 e. The van der Waals surface area contributed by atoms with E-state index in [4.69, 9.17) is 9.26 Å². The molecule has 0 unspecified atom stereocenters. The van der Waals surface area contributed by atoms with E-state index in [0.717, 1.165) is 22.6 Å². The summed E-state index contributed by atoms with van der Waals surface area (Å²) in [6.45, 7) is 4.29. The van der Waals surface area contributed by atoms with Gasteiger partial charge in [0.05, 0.1) is 18.4 Å². The number of esters is 1. The third kappa shape index (κ3) is 2.49. The SMILES string of the molecule is CCOC(=O)Cc1noc2ccc3cc(CC)ccc3c12. The summed E-state index contributed by atoms with van der Waals surface area (Å²) < 4.78 is 10.3. The zero-order valence-corrected chi connectivity index (χ0v) is 12.2. The van der Waals surface area contributed by atoms with Crippen LogP contribution >= 0.6 is 0 Å². The van der Waals surface area contributed by atoms with Crippen molar-refractivity contribution in [3.8, 4) is 0 Å². The summed E-state index contributed by atoms with van der Waals surface area (Å²) in [4.78, 5) is 11.7. The number of aryl methyl sites for hydroxylation is 1. The average molecular weight is 283 g/mol. The number of ether oxygens (including phenoxy) is 1. The molecule has 0 saturated heterocycles. The average Bonchev–Trinajstić information content (AvgIpc) is 2.90. The molecule has 4 heteroatoms. The molecule has 0 N–H and O–H groups in total. The van der Waals surface area contributed by atoms with Crippen molar-refractivity contribution < 1.29 is 14.1 Å². The van der Waals surface area contributed by atoms with Crippen LogP contribution in [0.4, 0.5) is 0 Å². The van der Waals surface area contributed by atoms with Crippen LogP contribution in [0.25, 0.3) is 21.7 Å². The van der Waals surface area contributed by atoms with E-state index in [0.29, 0.717) is 17.9 Å². The normalized spacial score (nSPS) is 11.1. The van der Waals surface area contributed by atoms with Crippen molar-refractivity contribution >= 4 is 27.7 Å². The predicted molar refractivity (Wildman–Crippen MR) is 81.2 cm³/mol. The summed E-state index contributed by atoms with van der Waals surface area (Å²) in [6.07, 6.45) is 1.13. The molecule has 0 saturated carbocycles. The Balaban J connectivity index is 2.13. The number of aromatic nitrogens is 1. The van der Waals surface area contributed by atoms with Gasteiger partial charge in [0.2, 0.25) is 0 Å². The Hall–Kier alpha value is -2.36. The second kappa shape index (κ2) is 5.56. The third-order valence-electron chi connectivity index (χ3n) is 3.61. The van der Waals surface area contributed by atoms with Crippen LogP contribution in [0, 0.1) is 0 Å². The molecule has 0 aliphatic rings. The molecule has 4 nitrogen and oxygen atoms in total. The van der Waals surface area contributed by atoms with Crippen LogP contribution in [0.5, 0.6) is 0 Å². The summed E-state index contributed by atoms with van der Waals surface area (Å²) >= 11 is 0. The van der Waals surface area contributed by atoms with Gasteiger partial charge in [-0.25, -0.2) is 0 Å². The summed E-state index contributed by atoms with van der Waals surface area (Å²) in [5.74, 6) is -0.283. The van der Waals surface area contributed by atoms with Gasteiger partial charge in [0.25, 0.3) is 0 Å². The number of rotatable bonds is 4. The first-order chi connectivity index (χ1) is 10.2. The Morgan fingerprint density at radius 2 is 2.10 bits per heavy atom. The van der Waals surface area contributed by atoms with Gasteiger partial charge < -0.3 is 9.26 Å². The van der Waals surface area contributed by atoms with Gasteiger partial charge in [-0.05, 0) is 35.7 Å². The van der Waals surface area contributed by atoms with E-state index in [2.05, 4.69) is 30.3 Å². The Bertz CT molecular complexity index is 804. The van der Waals surface area contributed by atoms with Gasteiger partial charge >= 0.3 is 5.97 Å². The van der Waals surface area contributed by atoms with E-state index in [9.17, 15) is 4.79 Å². The van der Waals surface area contributed by atoms with E-state index in [-0.39, 0.29) is 12.4 Å². The lowest BCUT2D eigenvalue weighted by Crippen LogP contribution is -2.07. The van der Waals surface area contributed by atoms with E-state index < -0.39 is 0 Å². The van der Waals surface area contributed by atoms with Crippen LogP contribution in [0.15, 0.2) is 34.9 Å². The molecule has 1 aromatic heterocycles. The van der Waals surface area contributed by atoms with E-state index >= 15 is 0 Å². The number of carbonyl (C=O) groups excluding carboxylic acids is 1. The topological polar surface area (TPSA) is 52.3 Å². The highest BCUT2D eigenvalue weighted by Gasteiger charge is 2.15. The molecule has 0 spiro atoms. The van der Waals surface area contributed by atoms with Crippen molar-refractivity contribution in [1.82, 2.24) is 5.16 Å². The molecule has 0 amide bonds. The Morgan fingerprint density at radius 1 is 1.24 bits per heavy atom. The molecule has 0 aliphatic heterocycles. The number of fused-ring (bicyclic) bond motifs is 3. The Labute approximate surface area is 122 Å². The standard InChI is InChI=1S/C17H17NO3/c1-3-11-5-7-13-12(9-11)6-8-15-17(13)14(18-21-15)10-16(19)20-4-2/h5-9H,3-4,10H2,1-2H3. The molecule has 0 aliphatic carbocycles. The molecule has 3 rings (SSSR count). The monoisotopic (exact) mass is 283 g/mol. The fourth-order valence-corrected chi connectivity index (χ4v) is 2.57. The van der Waals surface area contributed by atoms with Crippen molar-refractivity contribution in [2.24, 2.45) is 0 Å². The Kier molecular flexibility index (Phi) is 3.60. The quantitative estimate of drug-likeness (QED) is 0.686. The summed E-state index contributed by atoms with van der Waals surface area (Å²) in [5.41, 5.74) is 2.62. The second-order valence-corrected chi connectivity index (χ2v) is 4.96. The maximum absolute atomic E-state index is 11.7. The fraction of sp³-hybridized carbons (Fsp3) is 0.294. The van der Waals surface area contributed by atoms with Gasteiger partial charge in [-0.2, -0.15) is 0 Å². The molecule has 1 heterocycles. The second-order valence-electron chi connectivity index (χ2n) is 4.96. The van der Waals surface area contributed by atoms with Crippen molar-refractivity contribution in [3.63, 3.8) is 0 Å². The molecule has 2 aromatic carbocycles. The Morgan fingerprint density at radius 3 is 2.86 bits per heavy atom. The highest BCUT2D eigenvalue weighted by molar-refractivity contribution is 6.07. The molecule has 21 heavy (non-hydrogen) atoms. The van der Waals surface area contributed by atoms with Crippen molar-refractivity contribution in [1.29, 1.82) is 0 Å². The number of hydrogen-bond acceptors (Lipinski definition) is 4. The molecule has 0 atom stereocenters. The summed E-state index contributed by atoms with van der Waals surface area (Å²) in [5, 5.41) is 7.13. The minimum atomic E-state index is -0.283. The number of carbonyl (C=O) groups is 1. The minimum Gasteiger partial charge on any atom is -0.466 e. The predicted octanol–water partition coefficient (Wildman–Crippen LogP) is 3.65. The third-order valence-corrected chi connectivity index (χ3v) is 3.61. The molecule has 0 radical (unpaired) electrons. The summed E-state index contributed by atoms with van der Waals surface area (Å²) in [7, 11) is 0. The molecular formula is C17H17NO3. The van der Waals surface area contributed by atoms with Gasteiger partial charge in [-0.3, -0.25) is 4.79 Å². The van der Waals surface area contributed by atoms with Gasteiger partial charge in [-0.1, -0.05) is 36.3 Å². The van der Waals surface area contributed by atoms with E-state index in [1.54, 1.807) is 6.92 Å². The van der Waals surface area contributed by atoms with E-state index in [1.807, 2.05) is 12.1 Å². The zero-order chi connectivity index (χ0) is 14.8. The molecule has 3 aromatic rings.